The summed E-state index contributed by atoms with van der Waals surface area (Å²) in [5.74, 6) is 0.163. The van der Waals surface area contributed by atoms with E-state index in [0.29, 0.717) is 12.2 Å². The highest BCUT2D eigenvalue weighted by molar-refractivity contribution is 5.85. The van der Waals surface area contributed by atoms with Gasteiger partial charge >= 0.3 is 0 Å². The Labute approximate surface area is 95.3 Å². The van der Waals surface area contributed by atoms with Crippen LogP contribution in [0.5, 0.6) is 5.75 Å². The van der Waals surface area contributed by atoms with E-state index in [1.165, 1.54) is 19.2 Å². The lowest BCUT2D eigenvalue weighted by atomic mass is 10.0. The molecule has 2 N–H and O–H groups in total. The highest BCUT2D eigenvalue weighted by Gasteiger charge is 2.10. The lowest BCUT2D eigenvalue weighted by molar-refractivity contribution is 0.402. The number of ether oxygens (including phenoxy) is 1. The summed E-state index contributed by atoms with van der Waals surface area (Å²) < 4.78 is 17.9. The van der Waals surface area contributed by atoms with Crippen LogP contribution in [0.2, 0.25) is 0 Å². The van der Waals surface area contributed by atoms with Crippen molar-refractivity contribution in [3.63, 3.8) is 0 Å². The van der Waals surface area contributed by atoms with Gasteiger partial charge in [0.2, 0.25) is 0 Å². The summed E-state index contributed by atoms with van der Waals surface area (Å²) >= 11 is 0. The molecule has 0 aliphatic rings. The van der Waals surface area contributed by atoms with Gasteiger partial charge in [0.15, 0.2) is 0 Å². The number of rotatable bonds is 4. The second-order valence-corrected chi connectivity index (χ2v) is 3.02. The monoisotopic (exact) mass is 231 g/mol. The van der Waals surface area contributed by atoms with Gasteiger partial charge in [0, 0.05) is 17.7 Å². The van der Waals surface area contributed by atoms with Gasteiger partial charge in [-0.2, -0.15) is 0 Å². The van der Waals surface area contributed by atoms with Crippen LogP contribution in [0.3, 0.4) is 0 Å². The maximum Gasteiger partial charge on any atom is 0.126 e. The van der Waals surface area contributed by atoms with E-state index in [1.807, 2.05) is 0 Å². The Balaban J connectivity index is 0.00000196. The molecular formula is C11H15ClFNO. The van der Waals surface area contributed by atoms with E-state index in [-0.39, 0.29) is 24.3 Å². The molecule has 1 aromatic carbocycles. The van der Waals surface area contributed by atoms with Crippen LogP contribution in [-0.2, 0) is 0 Å². The predicted octanol–water partition coefficient (Wildman–Crippen LogP) is 2.83. The molecule has 0 aliphatic carbocycles. The second-order valence-electron chi connectivity index (χ2n) is 3.02. The van der Waals surface area contributed by atoms with Crippen molar-refractivity contribution in [1.82, 2.24) is 0 Å². The van der Waals surface area contributed by atoms with Crippen LogP contribution in [-0.4, -0.2) is 7.11 Å². The third kappa shape index (κ3) is 3.53. The van der Waals surface area contributed by atoms with Crippen LogP contribution in [0.4, 0.5) is 4.39 Å². The Morgan fingerprint density at radius 2 is 2.27 bits per heavy atom. The first-order chi connectivity index (χ1) is 6.69. The number of nitrogens with two attached hydrogens (primary N) is 1. The van der Waals surface area contributed by atoms with Crippen LogP contribution in [0.25, 0.3) is 0 Å². The minimum atomic E-state index is -0.323. The predicted molar refractivity (Wildman–Crippen MR) is 61.9 cm³/mol. The Kier molecular flexibility index (Phi) is 5.97. The van der Waals surface area contributed by atoms with Gasteiger partial charge in [0.05, 0.1) is 7.11 Å². The molecule has 1 atom stereocenters. The first kappa shape index (κ1) is 13.9. The highest BCUT2D eigenvalue weighted by atomic mass is 35.5. The number of hydrogen-bond donors (Lipinski definition) is 1. The van der Waals surface area contributed by atoms with E-state index in [0.717, 1.165) is 5.56 Å². The zero-order valence-electron chi connectivity index (χ0n) is 8.57. The van der Waals surface area contributed by atoms with Crippen molar-refractivity contribution in [3.8, 4) is 5.75 Å². The summed E-state index contributed by atoms with van der Waals surface area (Å²) in [6.07, 6.45) is 2.37. The Morgan fingerprint density at radius 3 is 2.80 bits per heavy atom. The fourth-order valence-corrected chi connectivity index (χ4v) is 1.30. The fraction of sp³-hybridized carbons (Fsp3) is 0.273. The van der Waals surface area contributed by atoms with Crippen molar-refractivity contribution in [1.29, 1.82) is 0 Å². The van der Waals surface area contributed by atoms with E-state index in [2.05, 4.69) is 6.58 Å². The van der Waals surface area contributed by atoms with Crippen molar-refractivity contribution in [3.05, 3.63) is 42.2 Å². The quantitative estimate of drug-likeness (QED) is 0.809. The van der Waals surface area contributed by atoms with Gasteiger partial charge in [0.1, 0.15) is 11.6 Å². The molecule has 1 rings (SSSR count). The molecule has 0 bridgehead atoms. The standard InChI is InChI=1S/C11H14FNO.ClH/c1-3-4-10(13)9-6-5-8(12)7-11(9)14-2;/h3,5-7,10H,1,4,13H2,2H3;1H/t10-;/m0./s1. The maximum atomic E-state index is 12.8. The molecule has 0 heterocycles. The Bertz CT molecular complexity index is 330. The molecule has 0 saturated carbocycles. The van der Waals surface area contributed by atoms with Crippen molar-refractivity contribution < 1.29 is 9.13 Å². The van der Waals surface area contributed by atoms with E-state index in [4.69, 9.17) is 10.5 Å². The van der Waals surface area contributed by atoms with Gasteiger partial charge in [0.25, 0.3) is 0 Å². The average Bonchev–Trinajstić information content (AvgIpc) is 2.17. The Hall–Kier alpha value is -1.06. The van der Waals surface area contributed by atoms with Crippen LogP contribution < -0.4 is 10.5 Å². The minimum absolute atomic E-state index is 0. The smallest absolute Gasteiger partial charge is 0.126 e. The third-order valence-corrected chi connectivity index (χ3v) is 2.02. The van der Waals surface area contributed by atoms with Crippen LogP contribution in [0.1, 0.15) is 18.0 Å². The lowest BCUT2D eigenvalue weighted by Gasteiger charge is -2.13. The minimum Gasteiger partial charge on any atom is -0.496 e. The highest BCUT2D eigenvalue weighted by Crippen LogP contribution is 2.26. The molecule has 1 aromatic rings. The normalized spacial score (nSPS) is 11.4. The average molecular weight is 232 g/mol. The number of halogens is 2. The summed E-state index contributed by atoms with van der Waals surface area (Å²) in [5, 5.41) is 0. The van der Waals surface area contributed by atoms with Crippen molar-refractivity contribution >= 4 is 12.4 Å². The molecule has 0 aliphatic heterocycles. The number of methoxy groups -OCH3 is 1. The van der Waals surface area contributed by atoms with E-state index >= 15 is 0 Å². The molecule has 84 valence electrons. The molecule has 0 unspecified atom stereocenters. The summed E-state index contributed by atoms with van der Waals surface area (Å²) in [5.41, 5.74) is 6.66. The zero-order chi connectivity index (χ0) is 10.6. The van der Waals surface area contributed by atoms with E-state index < -0.39 is 0 Å². The van der Waals surface area contributed by atoms with Crippen LogP contribution in [0, 0.1) is 5.82 Å². The lowest BCUT2D eigenvalue weighted by Crippen LogP contribution is -2.10. The van der Waals surface area contributed by atoms with Crippen LogP contribution >= 0.6 is 12.4 Å². The molecule has 4 heteroatoms. The largest absolute Gasteiger partial charge is 0.496 e. The summed E-state index contributed by atoms with van der Waals surface area (Å²) in [4.78, 5) is 0. The molecule has 0 fully saturated rings. The summed E-state index contributed by atoms with van der Waals surface area (Å²) in [6.45, 7) is 3.60. The topological polar surface area (TPSA) is 35.2 Å². The molecular weight excluding hydrogens is 217 g/mol. The van der Waals surface area contributed by atoms with Gasteiger partial charge in [-0.15, -0.1) is 19.0 Å². The van der Waals surface area contributed by atoms with E-state index in [9.17, 15) is 4.39 Å². The van der Waals surface area contributed by atoms with Crippen LogP contribution in [0.15, 0.2) is 30.9 Å². The van der Waals surface area contributed by atoms with Crippen molar-refractivity contribution in [2.24, 2.45) is 5.73 Å². The summed E-state index contributed by atoms with van der Waals surface area (Å²) in [6, 6.07) is 4.16. The van der Waals surface area contributed by atoms with Gasteiger partial charge in [-0.25, -0.2) is 4.39 Å². The van der Waals surface area contributed by atoms with Gasteiger partial charge in [-0.05, 0) is 12.5 Å². The zero-order valence-corrected chi connectivity index (χ0v) is 9.39. The van der Waals surface area contributed by atoms with Gasteiger partial charge in [-0.3, -0.25) is 0 Å². The summed E-state index contributed by atoms with van der Waals surface area (Å²) in [7, 11) is 1.50. The SMILES string of the molecule is C=CC[C@H](N)c1ccc(F)cc1OC.Cl. The fourth-order valence-electron chi connectivity index (χ4n) is 1.30. The molecule has 2 nitrogen and oxygen atoms in total. The van der Waals surface area contributed by atoms with Gasteiger partial charge < -0.3 is 10.5 Å². The Morgan fingerprint density at radius 1 is 1.60 bits per heavy atom. The number of hydrogen-bond acceptors (Lipinski definition) is 2. The molecule has 0 saturated heterocycles. The molecule has 0 radical (unpaired) electrons. The molecule has 0 aromatic heterocycles. The van der Waals surface area contributed by atoms with Crippen molar-refractivity contribution in [2.75, 3.05) is 7.11 Å². The van der Waals surface area contributed by atoms with Crippen molar-refractivity contribution in [2.45, 2.75) is 12.5 Å². The first-order valence-corrected chi connectivity index (χ1v) is 4.39. The van der Waals surface area contributed by atoms with E-state index in [1.54, 1.807) is 12.1 Å². The van der Waals surface area contributed by atoms with Gasteiger partial charge in [-0.1, -0.05) is 12.1 Å². The number of benzene rings is 1. The molecule has 0 amide bonds. The second kappa shape index (κ2) is 6.43. The molecule has 0 spiro atoms. The maximum absolute atomic E-state index is 12.8. The third-order valence-electron chi connectivity index (χ3n) is 2.02. The molecule has 15 heavy (non-hydrogen) atoms. The first-order valence-electron chi connectivity index (χ1n) is 4.39.